The summed E-state index contributed by atoms with van der Waals surface area (Å²) >= 11 is 1.25. The van der Waals surface area contributed by atoms with Crippen LogP contribution in [0, 0.1) is 21.4 Å². The number of nitrogens with two attached hydrogens (primary N) is 1. The lowest BCUT2D eigenvalue weighted by atomic mass is 9.83. The van der Waals surface area contributed by atoms with E-state index in [1.54, 1.807) is 47.8 Å². The Bertz CT molecular complexity index is 1600. The van der Waals surface area contributed by atoms with Crippen LogP contribution < -0.4 is 19.9 Å². The molecule has 37 heavy (non-hydrogen) atoms. The minimum Gasteiger partial charge on any atom is -0.493 e. The number of non-ortho nitro benzene ring substituents is 1. The van der Waals surface area contributed by atoms with Gasteiger partial charge in [0.15, 0.2) is 11.5 Å². The quantitative estimate of drug-likeness (QED) is 0.163. The van der Waals surface area contributed by atoms with Gasteiger partial charge in [0.1, 0.15) is 16.5 Å². The zero-order valence-electron chi connectivity index (χ0n) is 19.1. The SMILES string of the molecule is COc1cc([C@@H]2C(C#N)=C(N)Oc3n[nH]c(-c4cccc([N+](=O)[O-])c4)c32)ccc1OC(=O)c1cccs1. The highest BCUT2D eigenvalue weighted by Crippen LogP contribution is 2.47. The molecule has 0 radical (unpaired) electrons. The number of nitro groups is 1. The van der Waals surface area contributed by atoms with E-state index < -0.39 is 16.8 Å². The number of hydrogen-bond donors (Lipinski definition) is 2. The molecule has 12 heteroatoms. The van der Waals surface area contributed by atoms with Gasteiger partial charge in [-0.25, -0.2) is 4.79 Å². The molecule has 0 saturated carbocycles. The van der Waals surface area contributed by atoms with Crippen molar-refractivity contribution in [2.24, 2.45) is 5.73 Å². The van der Waals surface area contributed by atoms with Gasteiger partial charge in [-0.3, -0.25) is 15.2 Å². The molecule has 0 bridgehead atoms. The number of allylic oxidation sites excluding steroid dienone is 1. The number of hydrogen-bond acceptors (Lipinski definition) is 10. The molecule has 0 spiro atoms. The van der Waals surface area contributed by atoms with Crippen LogP contribution in [0.15, 0.2) is 71.4 Å². The summed E-state index contributed by atoms with van der Waals surface area (Å²) in [7, 11) is 1.43. The van der Waals surface area contributed by atoms with E-state index in [9.17, 15) is 20.2 Å². The maximum absolute atomic E-state index is 12.5. The van der Waals surface area contributed by atoms with E-state index in [1.165, 1.54) is 30.6 Å². The van der Waals surface area contributed by atoms with Crippen molar-refractivity contribution in [3.63, 3.8) is 0 Å². The van der Waals surface area contributed by atoms with E-state index in [0.29, 0.717) is 27.3 Å². The Morgan fingerprint density at radius 2 is 2.08 bits per heavy atom. The second-order valence-corrected chi connectivity index (χ2v) is 8.77. The van der Waals surface area contributed by atoms with Crippen molar-refractivity contribution in [2.75, 3.05) is 7.11 Å². The van der Waals surface area contributed by atoms with Crippen molar-refractivity contribution in [3.05, 3.63) is 97.6 Å². The van der Waals surface area contributed by atoms with Crippen molar-refractivity contribution in [1.82, 2.24) is 10.2 Å². The molecule has 1 aliphatic rings. The molecule has 2 aromatic carbocycles. The summed E-state index contributed by atoms with van der Waals surface area (Å²) in [4.78, 5) is 23.7. The summed E-state index contributed by atoms with van der Waals surface area (Å²) in [5, 5.41) is 30.1. The van der Waals surface area contributed by atoms with Gasteiger partial charge in [-0.15, -0.1) is 16.4 Å². The summed E-state index contributed by atoms with van der Waals surface area (Å²) < 4.78 is 16.6. The number of fused-ring (bicyclic) bond motifs is 1. The molecule has 4 aromatic rings. The van der Waals surface area contributed by atoms with E-state index in [1.807, 2.05) is 0 Å². The second kappa shape index (κ2) is 9.48. The Hall–Kier alpha value is -5.15. The van der Waals surface area contributed by atoms with E-state index in [2.05, 4.69) is 16.3 Å². The average molecular weight is 516 g/mol. The molecular weight excluding hydrogens is 498 g/mol. The zero-order valence-corrected chi connectivity index (χ0v) is 19.9. The number of aromatic nitrogens is 2. The maximum atomic E-state index is 12.5. The number of thiophene rings is 1. The van der Waals surface area contributed by atoms with Crippen molar-refractivity contribution in [3.8, 4) is 34.7 Å². The topological polar surface area (TPSA) is 166 Å². The van der Waals surface area contributed by atoms with Crippen molar-refractivity contribution < 1.29 is 23.9 Å². The lowest BCUT2D eigenvalue weighted by Crippen LogP contribution is -2.21. The first-order valence-corrected chi connectivity index (χ1v) is 11.6. The highest BCUT2D eigenvalue weighted by atomic mass is 32.1. The van der Waals surface area contributed by atoms with E-state index in [4.69, 9.17) is 19.9 Å². The van der Waals surface area contributed by atoms with Gasteiger partial charge in [0.2, 0.25) is 11.8 Å². The van der Waals surface area contributed by atoms with Crippen LogP contribution in [-0.4, -0.2) is 28.2 Å². The van der Waals surface area contributed by atoms with Crippen LogP contribution in [0.2, 0.25) is 0 Å². The first-order chi connectivity index (χ1) is 17.9. The normalized spacial score (nSPS) is 14.3. The lowest BCUT2D eigenvalue weighted by molar-refractivity contribution is -0.384. The fourth-order valence-corrected chi connectivity index (χ4v) is 4.67. The molecule has 3 N–H and O–H groups in total. The summed E-state index contributed by atoms with van der Waals surface area (Å²) in [5.41, 5.74) is 8.01. The number of nitrogens with one attached hydrogen (secondary N) is 1. The van der Waals surface area contributed by atoms with Crippen molar-refractivity contribution >= 4 is 23.0 Å². The van der Waals surface area contributed by atoms with Crippen LogP contribution in [0.1, 0.15) is 26.7 Å². The molecule has 1 aliphatic heterocycles. The molecule has 0 unspecified atom stereocenters. The largest absolute Gasteiger partial charge is 0.493 e. The van der Waals surface area contributed by atoms with Gasteiger partial charge in [0.05, 0.1) is 29.2 Å². The molecule has 0 fully saturated rings. The number of carbonyl (C=O) groups excluding carboxylic acids is 1. The number of ether oxygens (including phenoxy) is 3. The fourth-order valence-electron chi connectivity index (χ4n) is 4.07. The zero-order chi connectivity index (χ0) is 26.1. The Balaban J connectivity index is 1.61. The average Bonchev–Trinajstić information content (AvgIpc) is 3.59. The van der Waals surface area contributed by atoms with Gasteiger partial charge in [-0.2, -0.15) is 5.26 Å². The third-order valence-corrected chi connectivity index (χ3v) is 6.58. The Morgan fingerprint density at radius 1 is 1.24 bits per heavy atom. The lowest BCUT2D eigenvalue weighted by Gasteiger charge is -2.24. The molecule has 184 valence electrons. The van der Waals surface area contributed by atoms with Gasteiger partial charge < -0.3 is 19.9 Å². The predicted molar refractivity (Wildman–Crippen MR) is 132 cm³/mol. The highest BCUT2D eigenvalue weighted by molar-refractivity contribution is 7.12. The van der Waals surface area contributed by atoms with Gasteiger partial charge in [-0.05, 0) is 29.1 Å². The number of nitrogens with zero attached hydrogens (tertiary/aromatic N) is 3. The Morgan fingerprint density at radius 3 is 2.78 bits per heavy atom. The number of esters is 1. The van der Waals surface area contributed by atoms with Crippen molar-refractivity contribution in [2.45, 2.75) is 5.92 Å². The smallest absolute Gasteiger partial charge is 0.353 e. The van der Waals surface area contributed by atoms with Gasteiger partial charge in [0.25, 0.3) is 5.69 Å². The van der Waals surface area contributed by atoms with E-state index in [0.717, 1.165) is 0 Å². The molecule has 3 heterocycles. The second-order valence-electron chi connectivity index (χ2n) is 7.83. The van der Waals surface area contributed by atoms with Crippen molar-refractivity contribution in [1.29, 1.82) is 5.26 Å². The third-order valence-electron chi connectivity index (χ3n) is 5.73. The number of benzene rings is 2. The van der Waals surface area contributed by atoms with E-state index in [-0.39, 0.29) is 34.5 Å². The number of carbonyl (C=O) groups is 1. The van der Waals surface area contributed by atoms with Crippen LogP contribution in [0.4, 0.5) is 5.69 Å². The molecule has 0 saturated heterocycles. The Labute approximate surface area is 213 Å². The minimum atomic E-state index is -0.752. The number of rotatable bonds is 6. The minimum absolute atomic E-state index is 0.108. The first-order valence-electron chi connectivity index (χ1n) is 10.8. The molecule has 2 aromatic heterocycles. The number of methoxy groups -OCH3 is 1. The number of H-pyrrole nitrogens is 1. The van der Waals surface area contributed by atoms with Crippen LogP contribution in [0.3, 0.4) is 0 Å². The molecule has 5 rings (SSSR count). The standard InChI is InChI=1S/C25H17N5O6S/c1-34-18-11-13(7-8-17(18)35-25(31)19-6-3-9-37-19)20-16(12-26)23(27)36-24-21(20)22(28-29-24)14-4-2-5-15(10-14)30(32)33/h2-11,20H,27H2,1H3,(H,28,29)/t20-/m1/s1. The molecular formula is C25H17N5O6S. The molecule has 11 nitrogen and oxygen atoms in total. The first kappa shape index (κ1) is 23.6. The summed E-state index contributed by atoms with van der Waals surface area (Å²) in [6.45, 7) is 0. The summed E-state index contributed by atoms with van der Waals surface area (Å²) in [5.74, 6) is -0.818. The molecule has 0 amide bonds. The van der Waals surface area contributed by atoms with Gasteiger partial charge in [0, 0.05) is 17.7 Å². The molecule has 1 atom stereocenters. The number of nitro benzene ring substituents is 1. The number of nitriles is 1. The highest BCUT2D eigenvalue weighted by Gasteiger charge is 2.36. The van der Waals surface area contributed by atoms with Gasteiger partial charge >= 0.3 is 5.97 Å². The van der Waals surface area contributed by atoms with Crippen LogP contribution >= 0.6 is 11.3 Å². The van der Waals surface area contributed by atoms with E-state index >= 15 is 0 Å². The van der Waals surface area contributed by atoms with Crippen LogP contribution in [0.5, 0.6) is 17.4 Å². The summed E-state index contributed by atoms with van der Waals surface area (Å²) in [6, 6.07) is 16.4. The van der Waals surface area contributed by atoms with Crippen LogP contribution in [0.25, 0.3) is 11.3 Å². The summed E-state index contributed by atoms with van der Waals surface area (Å²) in [6.07, 6.45) is 0. The fraction of sp³-hybridized carbons (Fsp3) is 0.0800. The number of aromatic amines is 1. The van der Waals surface area contributed by atoms with Crippen LogP contribution in [-0.2, 0) is 0 Å². The Kier molecular flexibility index (Phi) is 6.04. The monoisotopic (exact) mass is 515 g/mol. The maximum Gasteiger partial charge on any atom is 0.353 e. The predicted octanol–water partition coefficient (Wildman–Crippen LogP) is 4.49. The van der Waals surface area contributed by atoms with Gasteiger partial charge in [-0.1, -0.05) is 24.3 Å². The third kappa shape index (κ3) is 4.24. The molecule has 0 aliphatic carbocycles.